The smallest absolute Gasteiger partial charge is 0.430 e. The molecule has 4 nitrogen and oxygen atoms in total. The Labute approximate surface area is 175 Å². The Morgan fingerprint density at radius 3 is 2.26 bits per heavy atom. The Morgan fingerprint density at radius 2 is 1.81 bits per heavy atom. The Balaban J connectivity index is 0.000000614. The highest BCUT2D eigenvalue weighted by Gasteiger charge is 2.71. The minimum absolute atomic E-state index is 0.113. The van der Waals surface area contributed by atoms with Crippen LogP contribution in [0.15, 0.2) is 18.2 Å². The topological polar surface area (TPSA) is 49.8 Å². The van der Waals surface area contributed by atoms with E-state index in [1.807, 2.05) is 0 Å². The Bertz CT molecular complexity index is 750. The number of hydrogen-bond donors (Lipinski definition) is 1. The van der Waals surface area contributed by atoms with E-state index in [2.05, 4.69) is 4.74 Å². The van der Waals surface area contributed by atoms with Crippen LogP contribution in [0.4, 0.5) is 30.7 Å². The fourth-order valence-electron chi connectivity index (χ4n) is 4.32. The molecule has 0 bridgehead atoms. The molecule has 0 amide bonds. The molecule has 3 rings (SSSR count). The number of hydrogen-bond acceptors (Lipinski definition) is 4. The van der Waals surface area contributed by atoms with E-state index in [0.717, 1.165) is 6.07 Å². The van der Waals surface area contributed by atoms with E-state index >= 15 is 0 Å². The first kappa shape index (κ1) is 25.4. The Kier molecular flexibility index (Phi) is 7.63. The number of likely N-dealkylation sites (tertiary alicyclic amines) is 1. The van der Waals surface area contributed by atoms with Gasteiger partial charge in [0.25, 0.3) is 12.1 Å². The van der Waals surface area contributed by atoms with Crippen molar-refractivity contribution in [1.82, 2.24) is 4.90 Å². The quantitative estimate of drug-likeness (QED) is 0.406. The van der Waals surface area contributed by atoms with Gasteiger partial charge in [-0.2, -0.15) is 26.3 Å². The van der Waals surface area contributed by atoms with Gasteiger partial charge in [-0.05, 0) is 44.2 Å². The van der Waals surface area contributed by atoms with Crippen LogP contribution in [0.2, 0.25) is 0 Å². The maximum absolute atomic E-state index is 13.7. The Hall–Kier alpha value is -1.88. The molecular formula is C20H24F7NO3. The third kappa shape index (κ3) is 4.82. The summed E-state index contributed by atoms with van der Waals surface area (Å²) in [5.41, 5.74) is -5.16. The van der Waals surface area contributed by atoms with Crippen molar-refractivity contribution in [2.75, 3.05) is 13.2 Å². The first-order valence-corrected chi connectivity index (χ1v) is 9.73. The van der Waals surface area contributed by atoms with Gasteiger partial charge in [0.1, 0.15) is 0 Å². The number of rotatable bonds is 4. The van der Waals surface area contributed by atoms with Gasteiger partial charge in [0, 0.05) is 24.1 Å². The molecule has 1 fully saturated rings. The lowest BCUT2D eigenvalue weighted by Crippen LogP contribution is -2.54. The van der Waals surface area contributed by atoms with E-state index in [9.17, 15) is 40.6 Å². The molecule has 11 heteroatoms. The summed E-state index contributed by atoms with van der Waals surface area (Å²) < 4.78 is 96.2. The van der Waals surface area contributed by atoms with Gasteiger partial charge in [-0.15, -0.1) is 0 Å². The third-order valence-corrected chi connectivity index (χ3v) is 5.77. The van der Waals surface area contributed by atoms with Crippen LogP contribution in [-0.2, 0) is 21.6 Å². The van der Waals surface area contributed by atoms with E-state index < -0.39 is 29.8 Å². The normalized spacial score (nSPS) is 22.6. The number of fused-ring (bicyclic) bond motifs is 3. The van der Waals surface area contributed by atoms with Gasteiger partial charge in [0.15, 0.2) is 6.30 Å². The summed E-state index contributed by atoms with van der Waals surface area (Å²) in [6, 6.07) is 2.59. The van der Waals surface area contributed by atoms with Crippen molar-refractivity contribution in [3.63, 3.8) is 0 Å². The fraction of sp³-hybridized carbons (Fsp3) is 0.650. The molecule has 0 radical (unpaired) electrons. The number of ether oxygens (including phenoxy) is 1. The van der Waals surface area contributed by atoms with Crippen molar-refractivity contribution >= 4 is 6.47 Å². The molecule has 1 N–H and O–H groups in total. The minimum atomic E-state index is -5.90. The number of aryl methyl sites for hydroxylation is 1. The van der Waals surface area contributed by atoms with Crippen LogP contribution in [0.25, 0.3) is 0 Å². The van der Waals surface area contributed by atoms with Gasteiger partial charge in [-0.1, -0.05) is 18.2 Å². The molecule has 31 heavy (non-hydrogen) atoms. The molecule has 1 aromatic rings. The number of halogens is 7. The summed E-state index contributed by atoms with van der Waals surface area (Å²) in [7, 11) is 0. The predicted octanol–water partition coefficient (Wildman–Crippen LogP) is 4.60. The molecule has 0 spiro atoms. The number of carbonyl (C=O) groups is 1. The molecule has 1 heterocycles. The second-order valence-electron chi connectivity index (χ2n) is 7.48. The summed E-state index contributed by atoms with van der Waals surface area (Å²) in [5.74, 6) is -0.129. The average Bonchev–Trinajstić information content (AvgIpc) is 3.11. The minimum Gasteiger partial charge on any atom is -0.468 e. The average molecular weight is 459 g/mol. The fourth-order valence-corrected chi connectivity index (χ4v) is 4.32. The van der Waals surface area contributed by atoms with Gasteiger partial charge in [0.2, 0.25) is 0 Å². The van der Waals surface area contributed by atoms with Crippen molar-refractivity contribution in [1.29, 1.82) is 0 Å². The lowest BCUT2D eigenvalue weighted by Gasteiger charge is -2.36. The number of aliphatic hydroxyl groups is 1. The van der Waals surface area contributed by atoms with Gasteiger partial charge in [-0.3, -0.25) is 9.69 Å². The number of nitrogens with zero attached hydrogens (tertiary/aromatic N) is 1. The molecular weight excluding hydrogens is 435 g/mol. The zero-order valence-corrected chi connectivity index (χ0v) is 16.9. The Morgan fingerprint density at radius 1 is 1.19 bits per heavy atom. The predicted molar refractivity (Wildman–Crippen MR) is 96.9 cm³/mol. The van der Waals surface area contributed by atoms with Gasteiger partial charge in [-0.25, -0.2) is 4.39 Å². The highest BCUT2D eigenvalue weighted by molar-refractivity contribution is 5.41. The van der Waals surface area contributed by atoms with Crippen LogP contribution in [-0.4, -0.2) is 54.3 Å². The molecule has 3 atom stereocenters. The monoisotopic (exact) mass is 459 g/mol. The van der Waals surface area contributed by atoms with Gasteiger partial charge < -0.3 is 9.84 Å². The molecule has 1 aromatic carbocycles. The number of benzene rings is 1. The molecule has 1 aliphatic carbocycles. The highest BCUT2D eigenvalue weighted by Crippen LogP contribution is 2.51. The van der Waals surface area contributed by atoms with E-state index in [0.29, 0.717) is 49.7 Å². The van der Waals surface area contributed by atoms with Crippen molar-refractivity contribution in [3.8, 4) is 0 Å². The van der Waals surface area contributed by atoms with Crippen LogP contribution >= 0.6 is 0 Å². The molecule has 1 saturated heterocycles. The summed E-state index contributed by atoms with van der Waals surface area (Å²) in [4.78, 5) is 10.9. The van der Waals surface area contributed by atoms with Crippen LogP contribution in [0, 0.1) is 0 Å². The maximum Gasteiger partial charge on any atom is 0.430 e. The molecule has 176 valence electrons. The first-order valence-electron chi connectivity index (χ1n) is 9.73. The second-order valence-corrected chi connectivity index (χ2v) is 7.48. The lowest BCUT2D eigenvalue weighted by atomic mass is 9.77. The molecule has 2 aliphatic rings. The molecule has 3 unspecified atom stereocenters. The maximum atomic E-state index is 13.7. The zero-order valence-electron chi connectivity index (χ0n) is 16.9. The molecule has 0 saturated carbocycles. The van der Waals surface area contributed by atoms with E-state index in [1.54, 1.807) is 11.8 Å². The molecule has 0 aromatic heterocycles. The SMILES string of the molecule is CC(F)N1CCC2c3ccc(C(O)(C(F)(F)F)C(F)(F)F)cc3CCC21.CCOC=O. The zero-order chi connectivity index (χ0) is 23.6. The van der Waals surface area contributed by atoms with Crippen molar-refractivity contribution in [3.05, 3.63) is 34.9 Å². The number of carbonyl (C=O) groups excluding carboxylic acids is 1. The van der Waals surface area contributed by atoms with E-state index in [1.165, 1.54) is 13.0 Å². The summed E-state index contributed by atoms with van der Waals surface area (Å²) in [6.07, 6.45) is -11.7. The van der Waals surface area contributed by atoms with Crippen LogP contribution in [0.5, 0.6) is 0 Å². The standard InChI is InChI=1S/C17H18F7NO.C3H6O2/c1-9(18)25-7-6-13-12-4-3-11(8-10(12)2-5-14(13)25)15(26,16(19,20)21)17(22,23)24;1-2-5-3-4/h3-4,8-9,13-14,26H,2,5-7H2,1H3;3H,2H2,1H3. The van der Waals surface area contributed by atoms with Crippen molar-refractivity contribution in [2.45, 2.75) is 69.3 Å². The van der Waals surface area contributed by atoms with Crippen LogP contribution < -0.4 is 0 Å². The van der Waals surface area contributed by atoms with Gasteiger partial charge in [0.05, 0.1) is 6.61 Å². The van der Waals surface area contributed by atoms with Crippen LogP contribution in [0.1, 0.15) is 49.3 Å². The lowest BCUT2D eigenvalue weighted by molar-refractivity contribution is -0.376. The number of alkyl halides is 7. The summed E-state index contributed by atoms with van der Waals surface area (Å²) in [6.45, 7) is 4.56. The van der Waals surface area contributed by atoms with Crippen molar-refractivity contribution < 1.29 is 45.4 Å². The van der Waals surface area contributed by atoms with E-state index in [4.69, 9.17) is 0 Å². The van der Waals surface area contributed by atoms with Crippen LogP contribution in [0.3, 0.4) is 0 Å². The second kappa shape index (κ2) is 9.32. The first-order chi connectivity index (χ1) is 14.3. The highest BCUT2D eigenvalue weighted by atomic mass is 19.4. The summed E-state index contributed by atoms with van der Waals surface area (Å²) in [5, 5.41) is 9.55. The van der Waals surface area contributed by atoms with E-state index in [-0.39, 0.29) is 18.4 Å². The largest absolute Gasteiger partial charge is 0.468 e. The molecule has 1 aliphatic heterocycles. The third-order valence-electron chi connectivity index (χ3n) is 5.77. The van der Waals surface area contributed by atoms with Gasteiger partial charge >= 0.3 is 12.4 Å². The summed E-state index contributed by atoms with van der Waals surface area (Å²) >= 11 is 0. The van der Waals surface area contributed by atoms with Crippen molar-refractivity contribution in [2.24, 2.45) is 0 Å².